The van der Waals surface area contributed by atoms with Crippen LogP contribution in [0.2, 0.25) is 0 Å². The zero-order chi connectivity index (χ0) is 29.7. The van der Waals surface area contributed by atoms with E-state index in [0.29, 0.717) is 24.9 Å². The highest BCUT2D eigenvalue weighted by Gasteiger charge is 2.39. The number of fused-ring (bicyclic) bond motifs is 1. The van der Waals surface area contributed by atoms with E-state index in [2.05, 4.69) is 10.0 Å². The molecule has 0 aliphatic carbocycles. The Balaban J connectivity index is 1.76. The summed E-state index contributed by atoms with van der Waals surface area (Å²) in [4.78, 5) is 17.9. The van der Waals surface area contributed by atoms with Crippen molar-refractivity contribution in [2.45, 2.75) is 30.6 Å². The Morgan fingerprint density at radius 3 is 2.19 bits per heavy atom. The molecule has 9 heteroatoms. The number of aromatic nitrogens is 1. The highest BCUT2D eigenvalue weighted by molar-refractivity contribution is 7.93. The molecule has 0 aliphatic rings. The molecule has 0 saturated heterocycles. The highest BCUT2D eigenvalue weighted by atomic mass is 32.2. The van der Waals surface area contributed by atoms with E-state index < -0.39 is 21.8 Å². The second kappa shape index (κ2) is 12.3. The van der Waals surface area contributed by atoms with Crippen LogP contribution in [0.4, 0.5) is 5.69 Å². The average molecular weight is 578 g/mol. The number of amides is 1. The van der Waals surface area contributed by atoms with Crippen molar-refractivity contribution in [1.29, 1.82) is 0 Å². The summed E-state index contributed by atoms with van der Waals surface area (Å²) in [6, 6.07) is 32.1. The Labute approximate surface area is 245 Å². The van der Waals surface area contributed by atoms with Gasteiger partial charge in [-0.1, -0.05) is 89.5 Å². The van der Waals surface area contributed by atoms with Gasteiger partial charge >= 0.3 is 0 Å². The summed E-state index contributed by atoms with van der Waals surface area (Å²) in [7, 11) is -2.35. The molecule has 8 nitrogen and oxygen atoms in total. The predicted octanol–water partition coefficient (Wildman–Crippen LogP) is 7.28. The third kappa shape index (κ3) is 5.52. The van der Waals surface area contributed by atoms with E-state index in [1.165, 1.54) is 12.1 Å². The Hall–Kier alpha value is -4.85. The van der Waals surface area contributed by atoms with E-state index in [9.17, 15) is 13.2 Å². The lowest BCUT2D eigenvalue weighted by Gasteiger charge is -2.28. The number of azide groups is 1. The molecular weight excluding hydrogens is 546 g/mol. The van der Waals surface area contributed by atoms with Crippen LogP contribution in [0.3, 0.4) is 0 Å². The number of rotatable bonds is 10. The van der Waals surface area contributed by atoms with E-state index in [-0.39, 0.29) is 10.6 Å². The van der Waals surface area contributed by atoms with Crippen LogP contribution >= 0.6 is 0 Å². The van der Waals surface area contributed by atoms with E-state index in [1.807, 2.05) is 73.1 Å². The van der Waals surface area contributed by atoms with Crippen molar-refractivity contribution < 1.29 is 13.2 Å². The number of carbonyl (C=O) groups is 1. The number of para-hydroxylation sites is 2. The lowest BCUT2D eigenvalue weighted by Crippen LogP contribution is -2.40. The molecule has 0 saturated carbocycles. The van der Waals surface area contributed by atoms with Crippen molar-refractivity contribution in [3.05, 3.63) is 142 Å². The summed E-state index contributed by atoms with van der Waals surface area (Å²) in [6.45, 7) is 2.19. The standard InChI is InChI=1S/C33H31N5O3S/c1-24-19-21-27(22-20-24)42(40,41)38(26-14-7-4-8-15-26)33(39)31(25-12-5-3-6-13-25)32-28-16-9-10-17-29(28)37(2)30(32)18-11-23-35-36-34/h3-10,12-17,19-22,31H,11,18,23H2,1-2H3. The van der Waals surface area contributed by atoms with Gasteiger partial charge in [-0.15, -0.1) is 0 Å². The van der Waals surface area contributed by atoms with Crippen LogP contribution in [0.5, 0.6) is 0 Å². The van der Waals surface area contributed by atoms with Gasteiger partial charge in [0.1, 0.15) is 0 Å². The molecule has 5 aromatic rings. The number of sulfonamides is 1. The highest BCUT2D eigenvalue weighted by Crippen LogP contribution is 2.39. The molecule has 1 heterocycles. The van der Waals surface area contributed by atoms with Gasteiger partial charge in [0, 0.05) is 35.1 Å². The Morgan fingerprint density at radius 2 is 1.52 bits per heavy atom. The average Bonchev–Trinajstić information content (AvgIpc) is 3.28. The SMILES string of the molecule is Cc1ccc(S(=O)(=O)N(C(=O)C(c2ccccc2)c2c(CCCN=[N+]=[N-])n(C)c3ccccc23)c2ccccc2)cc1. The fourth-order valence-electron chi connectivity index (χ4n) is 5.42. The van der Waals surface area contributed by atoms with Gasteiger partial charge in [0.25, 0.3) is 15.9 Å². The van der Waals surface area contributed by atoms with Crippen molar-refractivity contribution in [3.63, 3.8) is 0 Å². The Morgan fingerprint density at radius 1 is 0.905 bits per heavy atom. The van der Waals surface area contributed by atoms with E-state index in [4.69, 9.17) is 5.53 Å². The molecular formula is C33H31N5O3S. The molecule has 0 fully saturated rings. The molecule has 1 atom stereocenters. The maximum absolute atomic E-state index is 15.0. The number of hydrogen-bond donors (Lipinski definition) is 0. The molecule has 1 amide bonds. The van der Waals surface area contributed by atoms with Crippen LogP contribution in [0.25, 0.3) is 21.3 Å². The van der Waals surface area contributed by atoms with Crippen LogP contribution in [-0.4, -0.2) is 25.4 Å². The van der Waals surface area contributed by atoms with Gasteiger partial charge in [-0.05, 0) is 66.8 Å². The fraction of sp³-hybridized carbons (Fsp3) is 0.182. The van der Waals surface area contributed by atoms with Crippen LogP contribution in [0, 0.1) is 6.92 Å². The van der Waals surface area contributed by atoms with Gasteiger partial charge in [0.15, 0.2) is 0 Å². The van der Waals surface area contributed by atoms with Gasteiger partial charge in [-0.3, -0.25) is 4.79 Å². The van der Waals surface area contributed by atoms with E-state index >= 15 is 0 Å². The Kier molecular flexibility index (Phi) is 8.43. The third-order valence-electron chi connectivity index (χ3n) is 7.42. The summed E-state index contributed by atoms with van der Waals surface area (Å²) < 4.78 is 31.6. The maximum Gasteiger partial charge on any atom is 0.270 e. The first-order chi connectivity index (χ1) is 20.3. The third-order valence-corrected chi connectivity index (χ3v) is 9.16. The fourth-order valence-corrected chi connectivity index (χ4v) is 6.85. The van der Waals surface area contributed by atoms with Crippen LogP contribution in [-0.2, 0) is 28.3 Å². The number of hydrogen-bond acceptors (Lipinski definition) is 4. The molecule has 1 aromatic heterocycles. The topological polar surface area (TPSA) is 108 Å². The zero-order valence-electron chi connectivity index (χ0n) is 23.5. The second-order valence-electron chi connectivity index (χ2n) is 10.1. The number of aryl methyl sites for hydroxylation is 2. The van der Waals surface area contributed by atoms with Crippen molar-refractivity contribution in [2.24, 2.45) is 12.2 Å². The monoisotopic (exact) mass is 577 g/mol. The van der Waals surface area contributed by atoms with Crippen molar-refractivity contribution in [3.8, 4) is 0 Å². The van der Waals surface area contributed by atoms with Gasteiger partial charge in [0.05, 0.1) is 16.5 Å². The van der Waals surface area contributed by atoms with Crippen molar-refractivity contribution in [2.75, 3.05) is 10.8 Å². The Bertz CT molecular complexity index is 1860. The molecule has 42 heavy (non-hydrogen) atoms. The zero-order valence-corrected chi connectivity index (χ0v) is 24.3. The number of anilines is 1. The van der Waals surface area contributed by atoms with E-state index in [0.717, 1.165) is 32.0 Å². The first-order valence-corrected chi connectivity index (χ1v) is 15.1. The van der Waals surface area contributed by atoms with Gasteiger partial charge in [-0.25, -0.2) is 12.7 Å². The van der Waals surface area contributed by atoms with Crippen molar-refractivity contribution in [1.82, 2.24) is 4.57 Å². The van der Waals surface area contributed by atoms with Crippen LogP contribution in [0.1, 0.15) is 34.7 Å². The second-order valence-corrected chi connectivity index (χ2v) is 11.9. The lowest BCUT2D eigenvalue weighted by atomic mass is 9.87. The molecule has 0 radical (unpaired) electrons. The van der Waals surface area contributed by atoms with Gasteiger partial charge < -0.3 is 4.57 Å². The number of nitrogens with zero attached hydrogens (tertiary/aromatic N) is 5. The maximum atomic E-state index is 15.0. The minimum Gasteiger partial charge on any atom is -0.347 e. The normalized spacial score (nSPS) is 12.0. The minimum atomic E-state index is -4.29. The molecule has 1 unspecified atom stereocenters. The van der Waals surface area contributed by atoms with E-state index in [1.54, 1.807) is 42.5 Å². The smallest absolute Gasteiger partial charge is 0.270 e. The first kappa shape index (κ1) is 28.7. The molecule has 0 spiro atoms. The molecule has 5 rings (SSSR count). The van der Waals surface area contributed by atoms with Gasteiger partial charge in [0.2, 0.25) is 0 Å². The van der Waals surface area contributed by atoms with Gasteiger partial charge in [-0.2, -0.15) is 0 Å². The number of benzene rings is 4. The lowest BCUT2D eigenvalue weighted by molar-refractivity contribution is -0.118. The number of carbonyl (C=O) groups excluding carboxylic acids is 1. The minimum absolute atomic E-state index is 0.0321. The largest absolute Gasteiger partial charge is 0.347 e. The molecule has 0 bridgehead atoms. The first-order valence-electron chi connectivity index (χ1n) is 13.7. The quantitative estimate of drug-likeness (QED) is 0.0753. The predicted molar refractivity (Wildman–Crippen MR) is 166 cm³/mol. The summed E-state index contributed by atoms with van der Waals surface area (Å²) in [5.41, 5.74) is 13.2. The van der Waals surface area contributed by atoms with Crippen LogP contribution < -0.4 is 4.31 Å². The summed E-state index contributed by atoms with van der Waals surface area (Å²) in [5, 5.41) is 4.56. The molecule has 212 valence electrons. The van der Waals surface area contributed by atoms with Crippen LogP contribution in [0.15, 0.2) is 119 Å². The van der Waals surface area contributed by atoms with Crippen molar-refractivity contribution >= 4 is 32.5 Å². The molecule has 4 aromatic carbocycles. The molecule has 0 aliphatic heterocycles. The summed E-state index contributed by atoms with van der Waals surface area (Å²) >= 11 is 0. The molecule has 0 N–H and O–H groups in total. The summed E-state index contributed by atoms with van der Waals surface area (Å²) in [6.07, 6.45) is 1.10. The summed E-state index contributed by atoms with van der Waals surface area (Å²) in [5.74, 6) is -1.52.